The molecule has 2 aromatic rings. The standard InChI is InChI=1S/C13H15FN2O/c1-9(2)15-7-12-13(17-8-16-12)10-4-3-5-11(14)6-10/h3-6,8-9,15H,7H2,1-2H3. The highest BCUT2D eigenvalue weighted by molar-refractivity contribution is 5.59. The van der Waals surface area contributed by atoms with E-state index in [1.807, 2.05) is 6.07 Å². The van der Waals surface area contributed by atoms with Gasteiger partial charge in [-0.05, 0) is 12.1 Å². The van der Waals surface area contributed by atoms with E-state index >= 15 is 0 Å². The lowest BCUT2D eigenvalue weighted by Crippen LogP contribution is -2.22. The van der Waals surface area contributed by atoms with E-state index in [-0.39, 0.29) is 5.82 Å². The van der Waals surface area contributed by atoms with Gasteiger partial charge in [0.1, 0.15) is 11.5 Å². The van der Waals surface area contributed by atoms with Crippen LogP contribution in [-0.4, -0.2) is 11.0 Å². The number of hydrogen-bond acceptors (Lipinski definition) is 3. The van der Waals surface area contributed by atoms with Gasteiger partial charge < -0.3 is 9.73 Å². The molecule has 0 aliphatic carbocycles. The van der Waals surface area contributed by atoms with Crippen molar-refractivity contribution in [3.8, 4) is 11.3 Å². The highest BCUT2D eigenvalue weighted by Crippen LogP contribution is 2.23. The number of aromatic nitrogens is 1. The van der Waals surface area contributed by atoms with Gasteiger partial charge in [0.05, 0.1) is 0 Å². The molecule has 0 saturated heterocycles. The van der Waals surface area contributed by atoms with Crippen LogP contribution in [0.2, 0.25) is 0 Å². The maximum absolute atomic E-state index is 13.1. The maximum Gasteiger partial charge on any atom is 0.181 e. The van der Waals surface area contributed by atoms with Crippen molar-refractivity contribution in [1.82, 2.24) is 10.3 Å². The molecule has 0 aliphatic rings. The van der Waals surface area contributed by atoms with Crippen molar-refractivity contribution < 1.29 is 8.81 Å². The smallest absolute Gasteiger partial charge is 0.181 e. The van der Waals surface area contributed by atoms with E-state index < -0.39 is 0 Å². The summed E-state index contributed by atoms with van der Waals surface area (Å²) in [5.74, 6) is 0.347. The van der Waals surface area contributed by atoms with Crippen LogP contribution < -0.4 is 5.32 Å². The first kappa shape index (κ1) is 11.8. The zero-order valence-electron chi connectivity index (χ0n) is 9.90. The third kappa shape index (κ3) is 2.91. The van der Waals surface area contributed by atoms with Crippen molar-refractivity contribution in [2.75, 3.05) is 0 Å². The van der Waals surface area contributed by atoms with Crippen LogP contribution in [0.25, 0.3) is 11.3 Å². The molecular formula is C13H15FN2O. The second-order valence-corrected chi connectivity index (χ2v) is 4.17. The Morgan fingerprint density at radius 2 is 2.24 bits per heavy atom. The number of nitrogens with one attached hydrogen (secondary N) is 1. The molecule has 1 aromatic heterocycles. The van der Waals surface area contributed by atoms with Gasteiger partial charge in [-0.3, -0.25) is 0 Å². The van der Waals surface area contributed by atoms with E-state index in [9.17, 15) is 4.39 Å². The first-order chi connectivity index (χ1) is 8.16. The Morgan fingerprint density at radius 3 is 2.94 bits per heavy atom. The van der Waals surface area contributed by atoms with Crippen molar-refractivity contribution in [3.05, 3.63) is 42.2 Å². The molecule has 3 nitrogen and oxygen atoms in total. The van der Waals surface area contributed by atoms with Crippen LogP contribution in [0.3, 0.4) is 0 Å². The lowest BCUT2D eigenvalue weighted by Gasteiger charge is -2.06. The molecule has 0 fully saturated rings. The van der Waals surface area contributed by atoms with Crippen LogP contribution in [0.15, 0.2) is 35.1 Å². The van der Waals surface area contributed by atoms with E-state index in [1.54, 1.807) is 6.07 Å². The minimum Gasteiger partial charge on any atom is -0.443 e. The molecule has 4 heteroatoms. The molecule has 0 aliphatic heterocycles. The van der Waals surface area contributed by atoms with Crippen LogP contribution in [0.5, 0.6) is 0 Å². The maximum atomic E-state index is 13.1. The van der Waals surface area contributed by atoms with E-state index in [0.717, 1.165) is 5.69 Å². The summed E-state index contributed by atoms with van der Waals surface area (Å²) in [7, 11) is 0. The Morgan fingerprint density at radius 1 is 1.41 bits per heavy atom. The first-order valence-electron chi connectivity index (χ1n) is 5.58. The molecule has 1 N–H and O–H groups in total. The highest BCUT2D eigenvalue weighted by Gasteiger charge is 2.11. The zero-order valence-corrected chi connectivity index (χ0v) is 9.90. The topological polar surface area (TPSA) is 38.1 Å². The lowest BCUT2D eigenvalue weighted by molar-refractivity contribution is 0.561. The van der Waals surface area contributed by atoms with Gasteiger partial charge in [0, 0.05) is 18.2 Å². The van der Waals surface area contributed by atoms with Crippen molar-refractivity contribution in [3.63, 3.8) is 0 Å². The number of nitrogens with zero attached hydrogens (tertiary/aromatic N) is 1. The fourth-order valence-electron chi connectivity index (χ4n) is 1.56. The van der Waals surface area contributed by atoms with Crippen LogP contribution in [0.4, 0.5) is 4.39 Å². The van der Waals surface area contributed by atoms with E-state index in [4.69, 9.17) is 4.42 Å². The van der Waals surface area contributed by atoms with Gasteiger partial charge in [-0.1, -0.05) is 26.0 Å². The third-order valence-electron chi connectivity index (χ3n) is 2.41. The summed E-state index contributed by atoms with van der Waals surface area (Å²) in [6.07, 6.45) is 1.39. The van der Waals surface area contributed by atoms with E-state index in [1.165, 1.54) is 18.5 Å². The molecule has 0 bridgehead atoms. The van der Waals surface area contributed by atoms with Crippen molar-refractivity contribution in [2.24, 2.45) is 0 Å². The average Bonchev–Trinajstić information content (AvgIpc) is 2.74. The average molecular weight is 234 g/mol. The third-order valence-corrected chi connectivity index (χ3v) is 2.41. The minimum absolute atomic E-state index is 0.276. The normalized spacial score (nSPS) is 11.1. The molecule has 1 heterocycles. The SMILES string of the molecule is CC(C)NCc1ncoc1-c1cccc(F)c1. The summed E-state index contributed by atoms with van der Waals surface area (Å²) >= 11 is 0. The van der Waals surface area contributed by atoms with Crippen LogP contribution in [0, 0.1) is 5.82 Å². The lowest BCUT2D eigenvalue weighted by atomic mass is 10.1. The number of hydrogen-bond donors (Lipinski definition) is 1. The van der Waals surface area contributed by atoms with Crippen molar-refractivity contribution >= 4 is 0 Å². The van der Waals surface area contributed by atoms with Crippen LogP contribution >= 0.6 is 0 Å². The second kappa shape index (κ2) is 5.10. The van der Waals surface area contributed by atoms with E-state index in [2.05, 4.69) is 24.1 Å². The summed E-state index contributed by atoms with van der Waals surface area (Å²) in [6, 6.07) is 6.69. The summed E-state index contributed by atoms with van der Waals surface area (Å²) in [6.45, 7) is 4.73. The summed E-state index contributed by atoms with van der Waals surface area (Å²) in [4.78, 5) is 4.14. The molecule has 0 amide bonds. The quantitative estimate of drug-likeness (QED) is 0.883. The number of rotatable bonds is 4. The molecule has 1 aromatic carbocycles. The summed E-state index contributed by atoms with van der Waals surface area (Å²) < 4.78 is 18.4. The monoisotopic (exact) mass is 234 g/mol. The minimum atomic E-state index is -0.276. The molecule has 90 valence electrons. The Balaban J connectivity index is 2.24. The van der Waals surface area contributed by atoms with Gasteiger partial charge in [0.15, 0.2) is 12.2 Å². The second-order valence-electron chi connectivity index (χ2n) is 4.17. The fourth-order valence-corrected chi connectivity index (χ4v) is 1.56. The largest absolute Gasteiger partial charge is 0.443 e. The van der Waals surface area contributed by atoms with Crippen molar-refractivity contribution in [1.29, 1.82) is 0 Å². The van der Waals surface area contributed by atoms with Gasteiger partial charge in [-0.25, -0.2) is 9.37 Å². The summed E-state index contributed by atoms with van der Waals surface area (Å²) in [5.41, 5.74) is 1.51. The number of halogens is 1. The Kier molecular flexibility index (Phi) is 3.54. The Bertz CT molecular complexity index is 494. The Hall–Kier alpha value is -1.68. The van der Waals surface area contributed by atoms with Crippen LogP contribution in [0.1, 0.15) is 19.5 Å². The molecule has 0 spiro atoms. The van der Waals surface area contributed by atoms with E-state index in [0.29, 0.717) is 23.9 Å². The van der Waals surface area contributed by atoms with Gasteiger partial charge in [-0.2, -0.15) is 0 Å². The fraction of sp³-hybridized carbons (Fsp3) is 0.308. The number of oxazole rings is 1. The molecule has 0 unspecified atom stereocenters. The molecule has 2 rings (SSSR count). The van der Waals surface area contributed by atoms with Crippen molar-refractivity contribution in [2.45, 2.75) is 26.4 Å². The molecule has 0 radical (unpaired) electrons. The summed E-state index contributed by atoms with van der Waals surface area (Å²) in [5, 5.41) is 3.26. The zero-order chi connectivity index (χ0) is 12.3. The Labute approximate surface area is 99.7 Å². The highest BCUT2D eigenvalue weighted by atomic mass is 19.1. The molecular weight excluding hydrogens is 219 g/mol. The predicted molar refractivity (Wildman–Crippen MR) is 63.9 cm³/mol. The first-order valence-corrected chi connectivity index (χ1v) is 5.58. The van der Waals surface area contributed by atoms with Gasteiger partial charge in [0.2, 0.25) is 0 Å². The van der Waals surface area contributed by atoms with Gasteiger partial charge in [-0.15, -0.1) is 0 Å². The predicted octanol–water partition coefficient (Wildman–Crippen LogP) is 2.98. The van der Waals surface area contributed by atoms with Gasteiger partial charge in [0.25, 0.3) is 0 Å². The molecule has 0 saturated carbocycles. The molecule has 17 heavy (non-hydrogen) atoms. The van der Waals surface area contributed by atoms with Gasteiger partial charge >= 0.3 is 0 Å². The molecule has 0 atom stereocenters. The number of benzene rings is 1. The van der Waals surface area contributed by atoms with Crippen LogP contribution in [-0.2, 0) is 6.54 Å².